The van der Waals surface area contributed by atoms with Crippen LogP contribution in [0.3, 0.4) is 0 Å². The Morgan fingerprint density at radius 2 is 2.50 bits per heavy atom. The second-order valence-electron chi connectivity index (χ2n) is 3.99. The fourth-order valence-electron chi connectivity index (χ4n) is 1.91. The number of pyridine rings is 1. The van der Waals surface area contributed by atoms with Crippen molar-refractivity contribution in [2.45, 2.75) is 25.3 Å². The Morgan fingerprint density at radius 1 is 1.62 bits per heavy atom. The van der Waals surface area contributed by atoms with Gasteiger partial charge < -0.3 is 10.6 Å². The molecule has 1 fully saturated rings. The molecule has 2 rings (SSSR count). The molecule has 0 saturated carbocycles. The minimum absolute atomic E-state index is 0.280. The van der Waals surface area contributed by atoms with E-state index in [1.54, 1.807) is 0 Å². The topological polar surface area (TPSA) is 37.0 Å². The average Bonchev–Trinajstić information content (AvgIpc) is 2.74. The molecule has 88 valence electrons. The van der Waals surface area contributed by atoms with E-state index in [0.717, 1.165) is 19.5 Å². The van der Waals surface area contributed by atoms with E-state index >= 15 is 0 Å². The van der Waals surface area contributed by atoms with Gasteiger partial charge in [0, 0.05) is 18.8 Å². The van der Waals surface area contributed by atoms with Crippen molar-refractivity contribution in [3.05, 3.63) is 23.1 Å². The smallest absolute Gasteiger partial charge is 0.166 e. The van der Waals surface area contributed by atoms with Gasteiger partial charge in [0.1, 0.15) is 0 Å². The number of hydrogen-bond donors (Lipinski definition) is 2. The van der Waals surface area contributed by atoms with Crippen molar-refractivity contribution in [1.29, 1.82) is 0 Å². The van der Waals surface area contributed by atoms with Gasteiger partial charge in [0.05, 0.1) is 5.02 Å². The van der Waals surface area contributed by atoms with Gasteiger partial charge in [-0.2, -0.15) is 0 Å². The van der Waals surface area contributed by atoms with Crippen LogP contribution in [-0.4, -0.2) is 24.1 Å². The number of halogens is 2. The van der Waals surface area contributed by atoms with Gasteiger partial charge in [0.15, 0.2) is 11.6 Å². The van der Waals surface area contributed by atoms with Crippen LogP contribution in [0, 0.1) is 5.82 Å². The Bertz CT molecular complexity index is 353. The van der Waals surface area contributed by atoms with E-state index in [1.165, 1.54) is 25.1 Å². The molecule has 16 heavy (non-hydrogen) atoms. The van der Waals surface area contributed by atoms with Gasteiger partial charge in [-0.3, -0.25) is 0 Å². The molecule has 1 saturated heterocycles. The summed E-state index contributed by atoms with van der Waals surface area (Å²) in [6.45, 7) is 1.82. The molecule has 0 aromatic carbocycles. The van der Waals surface area contributed by atoms with Crippen LogP contribution in [-0.2, 0) is 0 Å². The molecule has 1 aliphatic heterocycles. The third-order valence-corrected chi connectivity index (χ3v) is 2.96. The van der Waals surface area contributed by atoms with Gasteiger partial charge in [-0.15, -0.1) is 0 Å². The third-order valence-electron chi connectivity index (χ3n) is 2.76. The average molecular weight is 244 g/mol. The number of hydrogen-bond acceptors (Lipinski definition) is 3. The van der Waals surface area contributed by atoms with Gasteiger partial charge in [-0.25, -0.2) is 9.37 Å². The minimum Gasteiger partial charge on any atom is -0.368 e. The number of anilines is 1. The molecule has 0 amide bonds. The predicted molar refractivity (Wildman–Crippen MR) is 63.3 cm³/mol. The maximum absolute atomic E-state index is 13.3. The third kappa shape index (κ3) is 3.06. The molecule has 2 heterocycles. The Labute approximate surface area is 99.4 Å². The van der Waals surface area contributed by atoms with Crippen LogP contribution in [0.15, 0.2) is 12.3 Å². The lowest BCUT2D eigenvalue weighted by Crippen LogP contribution is -2.24. The largest absolute Gasteiger partial charge is 0.368 e. The normalized spacial score (nSPS) is 20.0. The molecular formula is C11H15ClFN3. The number of rotatable bonds is 4. The number of aromatic nitrogens is 1. The summed E-state index contributed by atoms with van der Waals surface area (Å²) in [6, 6.07) is 1.83. The standard InChI is InChI=1S/C11H15ClFN3/c12-8-6-10(13)11(16-7-8)15-5-3-9-2-1-4-14-9/h6-7,9,14H,1-5H2,(H,15,16). The first-order valence-corrected chi connectivity index (χ1v) is 5.92. The molecular weight excluding hydrogens is 229 g/mol. The molecule has 1 aromatic heterocycles. The van der Waals surface area contributed by atoms with Gasteiger partial charge in [-0.05, 0) is 31.9 Å². The van der Waals surface area contributed by atoms with E-state index in [4.69, 9.17) is 11.6 Å². The summed E-state index contributed by atoms with van der Waals surface area (Å²) in [5.74, 6) is -0.116. The molecule has 1 aromatic rings. The molecule has 0 aliphatic carbocycles. The van der Waals surface area contributed by atoms with Crippen LogP contribution in [0.5, 0.6) is 0 Å². The van der Waals surface area contributed by atoms with E-state index in [1.807, 2.05) is 0 Å². The maximum atomic E-state index is 13.3. The molecule has 3 nitrogen and oxygen atoms in total. The lowest BCUT2D eigenvalue weighted by atomic mass is 10.1. The Balaban J connectivity index is 1.80. The summed E-state index contributed by atoms with van der Waals surface area (Å²) in [6.07, 6.45) is 4.88. The van der Waals surface area contributed by atoms with Crippen LogP contribution < -0.4 is 10.6 Å². The molecule has 1 aliphatic rings. The van der Waals surface area contributed by atoms with Gasteiger partial charge >= 0.3 is 0 Å². The summed E-state index contributed by atoms with van der Waals surface area (Å²) in [5, 5.41) is 6.69. The monoisotopic (exact) mass is 243 g/mol. The van der Waals surface area contributed by atoms with Gasteiger partial charge in [0.2, 0.25) is 0 Å². The van der Waals surface area contributed by atoms with Crippen molar-refractivity contribution in [2.75, 3.05) is 18.4 Å². The highest BCUT2D eigenvalue weighted by molar-refractivity contribution is 6.30. The minimum atomic E-state index is -0.396. The quantitative estimate of drug-likeness (QED) is 0.853. The highest BCUT2D eigenvalue weighted by Gasteiger charge is 2.13. The SMILES string of the molecule is Fc1cc(Cl)cnc1NCCC1CCCN1. The summed E-state index contributed by atoms with van der Waals surface area (Å²) in [5.41, 5.74) is 0. The van der Waals surface area contributed by atoms with Crippen molar-refractivity contribution in [3.8, 4) is 0 Å². The van der Waals surface area contributed by atoms with Crippen molar-refractivity contribution < 1.29 is 4.39 Å². The van der Waals surface area contributed by atoms with Gasteiger partial charge in [0.25, 0.3) is 0 Å². The zero-order chi connectivity index (χ0) is 11.4. The maximum Gasteiger partial charge on any atom is 0.166 e. The highest BCUT2D eigenvalue weighted by atomic mass is 35.5. The van der Waals surface area contributed by atoms with Gasteiger partial charge in [-0.1, -0.05) is 11.6 Å². The summed E-state index contributed by atoms with van der Waals surface area (Å²) in [7, 11) is 0. The molecule has 0 spiro atoms. The van der Waals surface area contributed by atoms with Crippen molar-refractivity contribution >= 4 is 17.4 Å². The van der Waals surface area contributed by atoms with Crippen molar-refractivity contribution in [1.82, 2.24) is 10.3 Å². The Hall–Kier alpha value is -0.870. The molecule has 1 unspecified atom stereocenters. The van der Waals surface area contributed by atoms with E-state index in [-0.39, 0.29) is 5.82 Å². The first-order chi connectivity index (χ1) is 7.75. The van der Waals surface area contributed by atoms with Crippen molar-refractivity contribution in [2.24, 2.45) is 0 Å². The van der Waals surface area contributed by atoms with E-state index in [2.05, 4.69) is 15.6 Å². The number of nitrogens with zero attached hydrogens (tertiary/aromatic N) is 1. The van der Waals surface area contributed by atoms with E-state index in [9.17, 15) is 4.39 Å². The molecule has 0 radical (unpaired) electrons. The van der Waals surface area contributed by atoms with E-state index in [0.29, 0.717) is 11.1 Å². The zero-order valence-electron chi connectivity index (χ0n) is 8.97. The lowest BCUT2D eigenvalue weighted by molar-refractivity contribution is 0.570. The predicted octanol–water partition coefficient (Wildman–Crippen LogP) is 2.43. The lowest BCUT2D eigenvalue weighted by Gasteiger charge is -2.11. The summed E-state index contributed by atoms with van der Waals surface area (Å²) < 4.78 is 13.3. The molecule has 2 N–H and O–H groups in total. The fraction of sp³-hybridized carbons (Fsp3) is 0.545. The summed E-state index contributed by atoms with van der Waals surface area (Å²) in [4.78, 5) is 3.90. The van der Waals surface area contributed by atoms with Crippen molar-refractivity contribution in [3.63, 3.8) is 0 Å². The molecule has 0 bridgehead atoms. The highest BCUT2D eigenvalue weighted by Crippen LogP contribution is 2.16. The van der Waals surface area contributed by atoms with Crippen LogP contribution in [0.1, 0.15) is 19.3 Å². The number of nitrogens with one attached hydrogen (secondary N) is 2. The van der Waals surface area contributed by atoms with Crippen LogP contribution in [0.4, 0.5) is 10.2 Å². The van der Waals surface area contributed by atoms with Crippen LogP contribution >= 0.6 is 11.6 Å². The zero-order valence-corrected chi connectivity index (χ0v) is 9.73. The Kier molecular flexibility index (Phi) is 3.96. The van der Waals surface area contributed by atoms with Crippen LogP contribution in [0.25, 0.3) is 0 Å². The first-order valence-electron chi connectivity index (χ1n) is 5.54. The van der Waals surface area contributed by atoms with E-state index < -0.39 is 5.82 Å². The molecule has 5 heteroatoms. The Morgan fingerprint density at radius 3 is 3.19 bits per heavy atom. The summed E-state index contributed by atoms with van der Waals surface area (Å²) >= 11 is 5.61. The second-order valence-corrected chi connectivity index (χ2v) is 4.43. The van der Waals surface area contributed by atoms with Crippen LogP contribution in [0.2, 0.25) is 5.02 Å². The first kappa shape index (κ1) is 11.6. The second kappa shape index (κ2) is 5.46. The molecule has 1 atom stereocenters. The fourth-order valence-corrected chi connectivity index (χ4v) is 2.06.